The molecule has 0 spiro atoms. The third kappa shape index (κ3) is 6.36. The molecule has 1 amide bonds. The minimum absolute atomic E-state index is 0.0800. The number of fused-ring (bicyclic) bond motifs is 1. The number of aromatic nitrogens is 1. The first-order valence-corrected chi connectivity index (χ1v) is 12.1. The normalized spacial score (nSPS) is 12.1. The van der Waals surface area contributed by atoms with Crippen LogP contribution in [-0.4, -0.2) is 24.0 Å². The van der Waals surface area contributed by atoms with Crippen LogP contribution in [0.3, 0.4) is 0 Å². The van der Waals surface area contributed by atoms with Crippen molar-refractivity contribution in [2.75, 3.05) is 7.11 Å². The molecule has 0 saturated heterocycles. The smallest absolute Gasteiger partial charge is 0.244 e. The number of hydrogen-bond donors (Lipinski definition) is 1. The van der Waals surface area contributed by atoms with Crippen molar-refractivity contribution in [2.24, 2.45) is 0 Å². The summed E-state index contributed by atoms with van der Waals surface area (Å²) in [6, 6.07) is 22.9. The first kappa shape index (κ1) is 24.2. The second-order valence-electron chi connectivity index (χ2n) is 8.98. The zero-order valence-corrected chi connectivity index (χ0v) is 20.6. The van der Waals surface area contributed by atoms with E-state index in [2.05, 4.69) is 72.7 Å². The van der Waals surface area contributed by atoms with Crippen molar-refractivity contribution in [3.63, 3.8) is 0 Å². The number of nitrogens with one attached hydrogen (secondary N) is 1. The van der Waals surface area contributed by atoms with Crippen LogP contribution in [0.2, 0.25) is 0 Å². The third-order valence-electron chi connectivity index (χ3n) is 6.21. The Hall–Kier alpha value is -3.92. The van der Waals surface area contributed by atoms with Gasteiger partial charge in [-0.3, -0.25) is 9.78 Å². The Balaban J connectivity index is 1.49. The number of aryl methyl sites for hydroxylation is 2. The summed E-state index contributed by atoms with van der Waals surface area (Å²) >= 11 is 0. The van der Waals surface area contributed by atoms with Crippen LogP contribution in [-0.2, 0) is 11.2 Å². The Bertz CT molecular complexity index is 1310. The number of methoxy groups -OCH3 is 1. The molecule has 4 nitrogen and oxygen atoms in total. The zero-order valence-electron chi connectivity index (χ0n) is 20.6. The van der Waals surface area contributed by atoms with E-state index in [0.29, 0.717) is 0 Å². The zero-order chi connectivity index (χ0) is 24.6. The summed E-state index contributed by atoms with van der Waals surface area (Å²) in [6.45, 7) is 4.15. The molecular weight excluding hydrogens is 432 g/mol. The van der Waals surface area contributed by atoms with E-state index in [9.17, 15) is 4.79 Å². The van der Waals surface area contributed by atoms with Gasteiger partial charge in [0.05, 0.1) is 7.11 Å². The predicted molar refractivity (Wildman–Crippen MR) is 144 cm³/mol. The SMILES string of the molecule is COc1ccc(-c2c(C=CC(=O)N[C@H](C)CCCc3cccnc3)ccc3cc(C)ccc23)cc1. The molecule has 0 aliphatic carbocycles. The maximum absolute atomic E-state index is 12.7. The molecule has 1 aromatic heterocycles. The second kappa shape index (κ2) is 11.5. The molecule has 1 N–H and O–H groups in total. The van der Waals surface area contributed by atoms with Gasteiger partial charge in [0.2, 0.25) is 5.91 Å². The van der Waals surface area contributed by atoms with Crippen molar-refractivity contribution >= 4 is 22.8 Å². The van der Waals surface area contributed by atoms with E-state index in [1.807, 2.05) is 30.5 Å². The lowest BCUT2D eigenvalue weighted by Gasteiger charge is -2.14. The molecular formula is C31H32N2O2. The van der Waals surface area contributed by atoms with Crippen LogP contribution < -0.4 is 10.1 Å². The summed E-state index contributed by atoms with van der Waals surface area (Å²) in [7, 11) is 1.67. The summed E-state index contributed by atoms with van der Waals surface area (Å²) < 4.78 is 5.34. The Morgan fingerprint density at radius 3 is 2.66 bits per heavy atom. The lowest BCUT2D eigenvalue weighted by Crippen LogP contribution is -2.31. The fraction of sp³-hybridized carbons (Fsp3) is 0.226. The van der Waals surface area contributed by atoms with Crippen LogP contribution in [0.4, 0.5) is 0 Å². The number of benzene rings is 3. The molecule has 35 heavy (non-hydrogen) atoms. The van der Waals surface area contributed by atoms with Crippen LogP contribution >= 0.6 is 0 Å². The van der Waals surface area contributed by atoms with Gasteiger partial charge in [-0.25, -0.2) is 0 Å². The predicted octanol–water partition coefficient (Wildman–Crippen LogP) is 6.76. The van der Waals surface area contributed by atoms with E-state index in [-0.39, 0.29) is 11.9 Å². The number of pyridine rings is 1. The van der Waals surface area contributed by atoms with Gasteiger partial charge >= 0.3 is 0 Å². The molecule has 3 aromatic carbocycles. The summed E-state index contributed by atoms with van der Waals surface area (Å²) in [5.74, 6) is 0.738. The quantitative estimate of drug-likeness (QED) is 0.278. The molecule has 0 unspecified atom stereocenters. The number of carbonyl (C=O) groups is 1. The standard InChI is InChI=1S/C31H32N2O2/c1-22-9-17-29-27(20-22)11-10-25(31(29)26-12-15-28(35-3)16-13-26)14-18-30(34)33-23(2)6-4-7-24-8-5-19-32-21-24/h5,8-21,23H,4,6-7H2,1-3H3,(H,33,34)/t23-/m1/s1. The van der Waals surface area contributed by atoms with Gasteiger partial charge in [0.25, 0.3) is 0 Å². The number of amides is 1. The van der Waals surface area contributed by atoms with E-state index in [1.165, 1.54) is 16.5 Å². The second-order valence-corrected chi connectivity index (χ2v) is 8.98. The summed E-state index contributed by atoms with van der Waals surface area (Å²) in [5.41, 5.74) is 5.65. The molecule has 0 fully saturated rings. The minimum Gasteiger partial charge on any atom is -0.497 e. The van der Waals surface area contributed by atoms with E-state index in [1.54, 1.807) is 19.4 Å². The molecule has 4 heteroatoms. The van der Waals surface area contributed by atoms with Crippen LogP contribution in [0, 0.1) is 6.92 Å². The number of nitrogens with zero attached hydrogens (tertiary/aromatic N) is 1. The highest BCUT2D eigenvalue weighted by atomic mass is 16.5. The molecule has 4 aromatic rings. The molecule has 4 rings (SSSR count). The molecule has 0 aliphatic heterocycles. The minimum atomic E-state index is -0.0800. The highest BCUT2D eigenvalue weighted by Crippen LogP contribution is 2.34. The largest absolute Gasteiger partial charge is 0.497 e. The highest BCUT2D eigenvalue weighted by molar-refractivity contribution is 6.02. The first-order chi connectivity index (χ1) is 17.0. The van der Waals surface area contributed by atoms with Gasteiger partial charge in [0.1, 0.15) is 5.75 Å². The lowest BCUT2D eigenvalue weighted by atomic mass is 9.92. The maximum atomic E-state index is 12.7. The average molecular weight is 465 g/mol. The molecule has 1 atom stereocenters. The summed E-state index contributed by atoms with van der Waals surface area (Å²) in [4.78, 5) is 16.8. The first-order valence-electron chi connectivity index (χ1n) is 12.1. The van der Waals surface area contributed by atoms with Crippen LogP contribution in [0.5, 0.6) is 5.75 Å². The summed E-state index contributed by atoms with van der Waals surface area (Å²) in [6.07, 6.45) is 10.1. The van der Waals surface area contributed by atoms with E-state index >= 15 is 0 Å². The molecule has 0 saturated carbocycles. The van der Waals surface area contributed by atoms with Crippen molar-refractivity contribution in [1.29, 1.82) is 0 Å². The van der Waals surface area contributed by atoms with E-state index < -0.39 is 0 Å². The van der Waals surface area contributed by atoms with Gasteiger partial charge in [-0.2, -0.15) is 0 Å². The number of hydrogen-bond acceptors (Lipinski definition) is 3. The maximum Gasteiger partial charge on any atom is 0.244 e. The van der Waals surface area contributed by atoms with Crippen molar-refractivity contribution in [3.8, 4) is 16.9 Å². The monoisotopic (exact) mass is 464 g/mol. The number of rotatable bonds is 9. The fourth-order valence-corrected chi connectivity index (χ4v) is 4.37. The molecule has 0 radical (unpaired) electrons. The third-order valence-corrected chi connectivity index (χ3v) is 6.21. The van der Waals surface area contributed by atoms with Gasteiger partial charge in [0.15, 0.2) is 0 Å². The van der Waals surface area contributed by atoms with Gasteiger partial charge in [-0.15, -0.1) is 0 Å². The van der Waals surface area contributed by atoms with E-state index in [4.69, 9.17) is 4.74 Å². The van der Waals surface area contributed by atoms with Crippen molar-refractivity contribution in [3.05, 3.63) is 102 Å². The fourth-order valence-electron chi connectivity index (χ4n) is 4.37. The van der Waals surface area contributed by atoms with Crippen molar-refractivity contribution in [1.82, 2.24) is 10.3 Å². The van der Waals surface area contributed by atoms with E-state index in [0.717, 1.165) is 47.1 Å². The number of carbonyl (C=O) groups excluding carboxylic acids is 1. The van der Waals surface area contributed by atoms with Gasteiger partial charge in [-0.1, -0.05) is 54.1 Å². The molecule has 0 aliphatic rings. The van der Waals surface area contributed by atoms with Gasteiger partial charge in [0, 0.05) is 24.5 Å². The Morgan fingerprint density at radius 1 is 1.09 bits per heavy atom. The summed E-state index contributed by atoms with van der Waals surface area (Å²) in [5, 5.41) is 5.44. The Kier molecular flexibility index (Phi) is 7.94. The highest BCUT2D eigenvalue weighted by Gasteiger charge is 2.11. The number of ether oxygens (including phenoxy) is 1. The van der Waals surface area contributed by atoms with Gasteiger partial charge in [-0.05, 0) is 90.4 Å². The lowest BCUT2D eigenvalue weighted by molar-refractivity contribution is -0.117. The Morgan fingerprint density at radius 2 is 1.91 bits per heavy atom. The Labute approximate surface area is 207 Å². The molecule has 178 valence electrons. The topological polar surface area (TPSA) is 51.2 Å². The van der Waals surface area contributed by atoms with Crippen molar-refractivity contribution in [2.45, 2.75) is 39.2 Å². The van der Waals surface area contributed by atoms with Crippen LogP contribution in [0.15, 0.2) is 85.2 Å². The molecule has 1 heterocycles. The van der Waals surface area contributed by atoms with Crippen LogP contribution in [0.25, 0.3) is 28.0 Å². The van der Waals surface area contributed by atoms with Gasteiger partial charge < -0.3 is 10.1 Å². The van der Waals surface area contributed by atoms with Crippen molar-refractivity contribution < 1.29 is 9.53 Å². The molecule has 0 bridgehead atoms. The average Bonchev–Trinajstić information content (AvgIpc) is 2.87. The van der Waals surface area contributed by atoms with Crippen LogP contribution in [0.1, 0.15) is 36.5 Å².